The van der Waals surface area contributed by atoms with Crippen molar-refractivity contribution in [3.8, 4) is 5.75 Å². The third-order valence-electron chi connectivity index (χ3n) is 3.88. The Morgan fingerprint density at radius 3 is 2.81 bits per heavy atom. The average Bonchev–Trinajstić information content (AvgIpc) is 3.12. The molecule has 3 rings (SSSR count). The van der Waals surface area contributed by atoms with E-state index < -0.39 is 10.8 Å². The summed E-state index contributed by atoms with van der Waals surface area (Å²) in [6, 6.07) is 13.2. The van der Waals surface area contributed by atoms with Crippen LogP contribution in [0.5, 0.6) is 5.75 Å². The summed E-state index contributed by atoms with van der Waals surface area (Å²) in [5.41, 5.74) is 3.34. The molecule has 1 heterocycles. The van der Waals surface area contributed by atoms with Crippen LogP contribution in [0.4, 0.5) is 17.3 Å². The van der Waals surface area contributed by atoms with Gasteiger partial charge in [-0.05, 0) is 18.2 Å². The number of carbonyl (C=O) groups excluding carboxylic acids is 1. The molecule has 13 heteroatoms. The van der Waals surface area contributed by atoms with Crippen LogP contribution in [0.2, 0.25) is 0 Å². The highest BCUT2D eigenvalue weighted by Gasteiger charge is 2.16. The normalized spacial score (nSPS) is 10.7. The number of methoxy groups -OCH3 is 1. The molecule has 0 saturated carbocycles. The number of hydrogen-bond acceptors (Lipinski definition) is 10. The fourth-order valence-corrected chi connectivity index (χ4v) is 3.10. The van der Waals surface area contributed by atoms with Crippen molar-refractivity contribution < 1.29 is 14.5 Å². The lowest BCUT2D eigenvalue weighted by Gasteiger charge is -2.06. The first-order valence-electron chi connectivity index (χ1n) is 8.78. The SMILES string of the molecule is COc1ccccc1/C=N/Nc1nnc(SCC(=O)Nc2ccccc2[N+](=O)[O-])n1N. The Kier molecular flexibility index (Phi) is 7.01. The van der Waals surface area contributed by atoms with Crippen molar-refractivity contribution in [2.75, 3.05) is 29.4 Å². The number of nitrogen functional groups attached to an aromatic ring is 1. The Labute approximate surface area is 180 Å². The number of thioether (sulfide) groups is 1. The van der Waals surface area contributed by atoms with Crippen molar-refractivity contribution in [3.05, 3.63) is 64.2 Å². The van der Waals surface area contributed by atoms with Crippen LogP contribution in [-0.2, 0) is 4.79 Å². The molecule has 1 aromatic heterocycles. The number of amides is 1. The summed E-state index contributed by atoms with van der Waals surface area (Å²) in [4.78, 5) is 22.6. The van der Waals surface area contributed by atoms with Crippen LogP contribution in [0.3, 0.4) is 0 Å². The number of aromatic nitrogens is 3. The number of nitrogens with two attached hydrogens (primary N) is 1. The highest BCUT2D eigenvalue weighted by atomic mass is 32.2. The second-order valence-corrected chi connectivity index (χ2v) is 6.84. The molecule has 4 N–H and O–H groups in total. The van der Waals surface area contributed by atoms with Gasteiger partial charge in [0.2, 0.25) is 11.1 Å². The van der Waals surface area contributed by atoms with Gasteiger partial charge in [0.25, 0.3) is 11.6 Å². The summed E-state index contributed by atoms with van der Waals surface area (Å²) in [5, 5.41) is 25.6. The first-order chi connectivity index (χ1) is 15.0. The number of anilines is 2. The Balaban J connectivity index is 1.57. The minimum Gasteiger partial charge on any atom is -0.496 e. The summed E-state index contributed by atoms with van der Waals surface area (Å²) >= 11 is 1.02. The van der Waals surface area contributed by atoms with E-state index in [4.69, 9.17) is 10.6 Å². The second kappa shape index (κ2) is 10.1. The third kappa shape index (κ3) is 5.48. The highest BCUT2D eigenvalue weighted by molar-refractivity contribution is 7.99. The van der Waals surface area contributed by atoms with E-state index >= 15 is 0 Å². The molecule has 0 unspecified atom stereocenters. The van der Waals surface area contributed by atoms with Gasteiger partial charge in [0.1, 0.15) is 11.4 Å². The minimum absolute atomic E-state index is 0.0775. The summed E-state index contributed by atoms with van der Waals surface area (Å²) in [7, 11) is 1.56. The van der Waals surface area contributed by atoms with Crippen molar-refractivity contribution in [1.82, 2.24) is 14.9 Å². The number of rotatable bonds is 9. The summed E-state index contributed by atoms with van der Waals surface area (Å²) in [5.74, 6) is 6.22. The molecule has 160 valence electrons. The lowest BCUT2D eigenvalue weighted by atomic mass is 10.2. The predicted octanol–water partition coefficient (Wildman–Crippen LogP) is 2.09. The van der Waals surface area contributed by atoms with Gasteiger partial charge in [0.15, 0.2) is 0 Å². The van der Waals surface area contributed by atoms with Crippen LogP contribution in [-0.4, -0.2) is 44.8 Å². The van der Waals surface area contributed by atoms with Gasteiger partial charge in [0.05, 0.1) is 24.0 Å². The van der Waals surface area contributed by atoms with E-state index in [1.54, 1.807) is 25.5 Å². The Morgan fingerprint density at radius 2 is 2.03 bits per heavy atom. The second-order valence-electron chi connectivity index (χ2n) is 5.90. The van der Waals surface area contributed by atoms with E-state index in [0.29, 0.717) is 5.75 Å². The number of hydrazone groups is 1. The first-order valence-corrected chi connectivity index (χ1v) is 9.77. The molecule has 1 amide bonds. The molecular weight excluding hydrogens is 424 g/mol. The summed E-state index contributed by atoms with van der Waals surface area (Å²) < 4.78 is 6.38. The zero-order valence-corrected chi connectivity index (χ0v) is 17.1. The lowest BCUT2D eigenvalue weighted by Crippen LogP contribution is -2.17. The van der Waals surface area contributed by atoms with Crippen LogP contribution < -0.4 is 21.3 Å². The molecule has 0 aliphatic carbocycles. The van der Waals surface area contributed by atoms with E-state index in [-0.39, 0.29) is 28.2 Å². The third-order valence-corrected chi connectivity index (χ3v) is 4.82. The number of hydrogen-bond donors (Lipinski definition) is 3. The number of carbonyl (C=O) groups is 1. The molecular formula is C18H18N8O4S. The topological polar surface area (TPSA) is 163 Å². The zero-order chi connectivity index (χ0) is 22.2. The lowest BCUT2D eigenvalue weighted by molar-refractivity contribution is -0.383. The molecule has 3 aromatic rings. The number of nitrogens with zero attached hydrogens (tertiary/aromatic N) is 5. The van der Waals surface area contributed by atoms with Crippen molar-refractivity contribution in [1.29, 1.82) is 0 Å². The van der Waals surface area contributed by atoms with Gasteiger partial charge in [-0.15, -0.1) is 10.2 Å². The van der Waals surface area contributed by atoms with Gasteiger partial charge in [-0.1, -0.05) is 36.0 Å². The number of nitro groups is 1. The minimum atomic E-state index is -0.567. The molecule has 0 radical (unpaired) electrons. The molecule has 0 atom stereocenters. The maximum Gasteiger partial charge on any atom is 0.292 e. The highest BCUT2D eigenvalue weighted by Crippen LogP contribution is 2.24. The molecule has 12 nitrogen and oxygen atoms in total. The number of nitrogens with one attached hydrogen (secondary N) is 2. The fraction of sp³-hybridized carbons (Fsp3) is 0.111. The summed E-state index contributed by atoms with van der Waals surface area (Å²) in [6.07, 6.45) is 1.54. The quantitative estimate of drug-likeness (QED) is 0.148. The molecule has 0 aliphatic heterocycles. The number of ether oxygens (including phenoxy) is 1. The van der Waals surface area contributed by atoms with Gasteiger partial charge in [0, 0.05) is 11.6 Å². The van der Waals surface area contributed by atoms with Crippen LogP contribution >= 0.6 is 11.8 Å². The van der Waals surface area contributed by atoms with Crippen molar-refractivity contribution in [2.24, 2.45) is 5.10 Å². The van der Waals surface area contributed by atoms with E-state index in [0.717, 1.165) is 22.0 Å². The first kappa shape index (κ1) is 21.6. The van der Waals surface area contributed by atoms with Gasteiger partial charge in [-0.3, -0.25) is 14.9 Å². The predicted molar refractivity (Wildman–Crippen MR) is 117 cm³/mol. The van der Waals surface area contributed by atoms with E-state index in [2.05, 4.69) is 26.0 Å². The van der Waals surface area contributed by atoms with Crippen molar-refractivity contribution in [3.63, 3.8) is 0 Å². The Morgan fingerprint density at radius 1 is 1.29 bits per heavy atom. The number of benzene rings is 2. The Hall–Kier alpha value is -4.13. The average molecular weight is 442 g/mol. The van der Waals surface area contributed by atoms with Gasteiger partial charge >= 0.3 is 0 Å². The molecule has 0 fully saturated rings. The van der Waals surface area contributed by atoms with Gasteiger partial charge < -0.3 is 15.9 Å². The van der Waals surface area contributed by atoms with Crippen LogP contribution in [0, 0.1) is 10.1 Å². The van der Waals surface area contributed by atoms with Gasteiger partial charge in [-0.2, -0.15) is 5.10 Å². The zero-order valence-electron chi connectivity index (χ0n) is 16.3. The largest absolute Gasteiger partial charge is 0.496 e. The molecule has 2 aromatic carbocycles. The van der Waals surface area contributed by atoms with E-state index in [1.807, 2.05) is 18.2 Å². The van der Waals surface area contributed by atoms with E-state index in [1.165, 1.54) is 18.2 Å². The van der Waals surface area contributed by atoms with Gasteiger partial charge in [-0.25, -0.2) is 10.1 Å². The van der Waals surface area contributed by atoms with Crippen molar-refractivity contribution in [2.45, 2.75) is 5.16 Å². The Bertz CT molecular complexity index is 1120. The number of para-hydroxylation sites is 3. The van der Waals surface area contributed by atoms with E-state index in [9.17, 15) is 14.9 Å². The fourth-order valence-electron chi connectivity index (χ4n) is 2.44. The van der Waals surface area contributed by atoms with Crippen molar-refractivity contribution >= 4 is 41.2 Å². The standard InChI is InChI=1S/C18H18N8O4S/c1-30-15-9-5-2-6-12(15)10-20-22-17-23-24-18(25(17)19)31-11-16(27)21-13-7-3-4-8-14(13)26(28)29/h2-10H,11,19H2,1H3,(H,21,27)(H,22,23)/b20-10+. The smallest absolute Gasteiger partial charge is 0.292 e. The molecule has 31 heavy (non-hydrogen) atoms. The molecule has 0 bridgehead atoms. The van der Waals surface area contributed by atoms with Crippen LogP contribution in [0.25, 0.3) is 0 Å². The molecule has 0 spiro atoms. The monoisotopic (exact) mass is 442 g/mol. The summed E-state index contributed by atoms with van der Waals surface area (Å²) in [6.45, 7) is 0. The molecule has 0 aliphatic rings. The maximum absolute atomic E-state index is 12.2. The number of nitro benzene ring substituents is 1. The van der Waals surface area contributed by atoms with Crippen LogP contribution in [0.1, 0.15) is 5.56 Å². The molecule has 0 saturated heterocycles. The maximum atomic E-state index is 12.2. The van der Waals surface area contributed by atoms with Crippen LogP contribution in [0.15, 0.2) is 58.8 Å².